The second-order valence-electron chi connectivity index (χ2n) is 2.91. The van der Waals surface area contributed by atoms with E-state index < -0.39 is 5.30 Å². The van der Waals surface area contributed by atoms with Crippen LogP contribution >= 0.6 is 0 Å². The van der Waals surface area contributed by atoms with Crippen molar-refractivity contribution in [1.29, 1.82) is 0 Å². The van der Waals surface area contributed by atoms with Crippen LogP contribution < -0.4 is 4.90 Å². The largest absolute Gasteiger partial charge is 0.698 e. The van der Waals surface area contributed by atoms with E-state index in [0.29, 0.717) is 6.61 Å². The Hall–Kier alpha value is -0.350. The van der Waals surface area contributed by atoms with Crippen LogP contribution in [0.2, 0.25) is 0 Å². The quantitative estimate of drug-likeness (QED) is 0.555. The normalized spacial score (nSPS) is 9.21. The number of carbonyl (C=O) groups is 1. The molecule has 0 fully saturated rings. The van der Waals surface area contributed by atoms with Crippen LogP contribution in [0.4, 0.5) is 4.79 Å². The minimum Gasteiger partial charge on any atom is -0.698 e. The van der Waals surface area contributed by atoms with Crippen molar-refractivity contribution in [1.82, 2.24) is 0 Å². The number of rotatable bonds is 5. The molecule has 0 heterocycles. The summed E-state index contributed by atoms with van der Waals surface area (Å²) in [6, 6.07) is 0. The number of nitrogens with one attached hydrogen (secondary N) is 1. The minimum atomic E-state index is -0.609. The van der Waals surface area contributed by atoms with Crippen molar-refractivity contribution in [2.75, 3.05) is 26.2 Å². The van der Waals surface area contributed by atoms with E-state index in [1.807, 2.05) is 6.92 Å². The first-order chi connectivity index (χ1) is 6.62. The van der Waals surface area contributed by atoms with Crippen LogP contribution in [0.5, 0.6) is 0 Å². The molecule has 0 unspecified atom stereocenters. The van der Waals surface area contributed by atoms with E-state index in [4.69, 9.17) is 0 Å². The van der Waals surface area contributed by atoms with Crippen molar-refractivity contribution in [3.05, 3.63) is 0 Å². The first-order valence-corrected chi connectivity index (χ1v) is 5.70. The highest BCUT2D eigenvalue weighted by Gasteiger charge is 1.92. The van der Waals surface area contributed by atoms with Crippen molar-refractivity contribution >= 4 is 17.9 Å². The molecule has 4 heteroatoms. The van der Waals surface area contributed by atoms with Crippen LogP contribution in [-0.2, 0) is 17.4 Å². The molecule has 0 aliphatic rings. The Morgan fingerprint density at radius 1 is 1.14 bits per heavy atom. The Labute approximate surface area is 93.2 Å². The molecule has 0 rings (SSSR count). The van der Waals surface area contributed by atoms with Gasteiger partial charge in [0.2, 0.25) is 0 Å². The molecule has 0 amide bonds. The van der Waals surface area contributed by atoms with Crippen LogP contribution in [0.15, 0.2) is 0 Å². The van der Waals surface area contributed by atoms with Gasteiger partial charge in [0, 0.05) is 0 Å². The summed E-state index contributed by atoms with van der Waals surface area (Å²) in [7, 11) is 0. The molecular weight excluding hydrogens is 198 g/mol. The summed E-state index contributed by atoms with van der Waals surface area (Å²) in [6.07, 6.45) is 0.836. The van der Waals surface area contributed by atoms with E-state index in [0.717, 1.165) is 6.42 Å². The van der Waals surface area contributed by atoms with Crippen molar-refractivity contribution in [3.8, 4) is 0 Å². The molecule has 0 spiro atoms. The van der Waals surface area contributed by atoms with Gasteiger partial charge in [0.1, 0.15) is 0 Å². The molecule has 1 N–H and O–H groups in total. The van der Waals surface area contributed by atoms with Crippen LogP contribution in [-0.4, -0.2) is 31.5 Å². The van der Waals surface area contributed by atoms with Gasteiger partial charge in [-0.25, -0.2) is 0 Å². The fourth-order valence-electron chi connectivity index (χ4n) is 0.935. The van der Waals surface area contributed by atoms with Gasteiger partial charge >= 0.3 is 0 Å². The van der Waals surface area contributed by atoms with E-state index >= 15 is 0 Å². The topological polar surface area (TPSA) is 30.7 Å². The van der Waals surface area contributed by atoms with Gasteiger partial charge in [-0.3, -0.25) is 4.79 Å². The summed E-state index contributed by atoms with van der Waals surface area (Å²) in [6.45, 7) is 12.8. The zero-order valence-corrected chi connectivity index (χ0v) is 10.6. The molecule has 0 atom stereocenters. The molecule has 0 aliphatic heterocycles. The number of carbonyl (C=O) groups excluding carboxylic acids is 1. The van der Waals surface area contributed by atoms with E-state index in [-0.39, 0.29) is 0 Å². The zero-order chi connectivity index (χ0) is 11.4. The predicted molar refractivity (Wildman–Crippen MR) is 61.6 cm³/mol. The van der Waals surface area contributed by atoms with Crippen molar-refractivity contribution in [3.63, 3.8) is 0 Å². The van der Waals surface area contributed by atoms with Crippen LogP contribution in [0, 0.1) is 0 Å². The second kappa shape index (κ2) is 12.7. The maximum atomic E-state index is 9.80. The average Bonchev–Trinajstić information content (AvgIpc) is 2.18. The molecule has 14 heavy (non-hydrogen) atoms. The van der Waals surface area contributed by atoms with Crippen LogP contribution in [0.25, 0.3) is 0 Å². The summed E-state index contributed by atoms with van der Waals surface area (Å²) in [5.41, 5.74) is 0. The Morgan fingerprint density at radius 3 is 1.64 bits per heavy atom. The highest BCUT2D eigenvalue weighted by Crippen LogP contribution is 1.79. The lowest BCUT2D eigenvalue weighted by atomic mass is 10.5. The van der Waals surface area contributed by atoms with E-state index in [1.54, 1.807) is 4.90 Å². The van der Waals surface area contributed by atoms with Gasteiger partial charge in [-0.1, -0.05) is 6.92 Å². The van der Waals surface area contributed by atoms with Gasteiger partial charge in [0.15, 0.2) is 5.30 Å². The predicted octanol–water partition coefficient (Wildman–Crippen LogP) is 1.01. The smallest absolute Gasteiger partial charge is 0.184 e. The Morgan fingerprint density at radius 2 is 1.57 bits per heavy atom. The third-order valence-corrected chi connectivity index (χ3v) is 2.04. The molecule has 86 valence electrons. The molecule has 0 radical (unpaired) electrons. The molecule has 0 saturated carbocycles. The van der Waals surface area contributed by atoms with Gasteiger partial charge in [-0.2, -0.15) is 0 Å². The van der Waals surface area contributed by atoms with Gasteiger partial charge in [0.25, 0.3) is 0 Å². The Balaban J connectivity index is 0. The molecule has 0 aromatic rings. The molecular formula is C10H23NO2S. The first kappa shape index (κ1) is 16.1. The molecule has 3 nitrogen and oxygen atoms in total. The molecule has 0 saturated heterocycles. The molecule has 0 bridgehead atoms. The summed E-state index contributed by atoms with van der Waals surface area (Å²) < 4.78 is 4.37. The fourth-order valence-corrected chi connectivity index (χ4v) is 1.02. The summed E-state index contributed by atoms with van der Waals surface area (Å²) in [5.74, 6) is 0. The molecule has 0 aliphatic carbocycles. The third-order valence-electron chi connectivity index (χ3n) is 1.92. The molecule has 0 aromatic heterocycles. The van der Waals surface area contributed by atoms with Gasteiger partial charge in [0.05, 0.1) is 26.2 Å². The number of ether oxygens (including phenoxy) is 1. The van der Waals surface area contributed by atoms with Crippen molar-refractivity contribution in [2.24, 2.45) is 0 Å². The molecule has 0 aromatic carbocycles. The van der Waals surface area contributed by atoms with Crippen LogP contribution in [0.3, 0.4) is 0 Å². The van der Waals surface area contributed by atoms with E-state index in [2.05, 4.69) is 38.1 Å². The van der Waals surface area contributed by atoms with E-state index in [1.165, 1.54) is 19.6 Å². The lowest BCUT2D eigenvalue weighted by Crippen LogP contribution is -3.11. The van der Waals surface area contributed by atoms with Gasteiger partial charge < -0.3 is 22.3 Å². The summed E-state index contributed by atoms with van der Waals surface area (Å²) in [4.78, 5) is 11.5. The SMILES string of the molecule is CCCOC(=O)[S-].CC[NH+](CC)CC. The Bertz CT molecular complexity index is 122. The highest BCUT2D eigenvalue weighted by molar-refractivity contribution is 7.76. The lowest BCUT2D eigenvalue weighted by molar-refractivity contribution is -0.894. The summed E-state index contributed by atoms with van der Waals surface area (Å²) in [5, 5.41) is -0.609. The third kappa shape index (κ3) is 14.2. The van der Waals surface area contributed by atoms with E-state index in [9.17, 15) is 4.79 Å². The minimum absolute atomic E-state index is 0.447. The second-order valence-corrected chi connectivity index (χ2v) is 3.24. The number of hydrogen-bond acceptors (Lipinski definition) is 3. The zero-order valence-electron chi connectivity index (χ0n) is 9.76. The van der Waals surface area contributed by atoms with Crippen LogP contribution in [0.1, 0.15) is 34.1 Å². The number of quaternary nitrogens is 1. The maximum Gasteiger partial charge on any atom is 0.184 e. The van der Waals surface area contributed by atoms with Crippen molar-refractivity contribution < 1.29 is 14.4 Å². The number of hydrogen-bond donors (Lipinski definition) is 1. The van der Waals surface area contributed by atoms with Gasteiger partial charge in [-0.05, 0) is 27.2 Å². The fraction of sp³-hybridized carbons (Fsp3) is 0.900. The monoisotopic (exact) mass is 221 g/mol. The lowest BCUT2D eigenvalue weighted by Gasteiger charge is -2.10. The van der Waals surface area contributed by atoms with Crippen molar-refractivity contribution in [2.45, 2.75) is 34.1 Å². The standard InChI is InChI=1S/C6H15N.C4H8O2S/c1-4-7(5-2)6-3;1-2-3-6-4(5)7/h4-6H2,1-3H3;2-3H2,1H3,(H,5,7). The highest BCUT2D eigenvalue weighted by atomic mass is 32.1. The average molecular weight is 221 g/mol. The first-order valence-electron chi connectivity index (χ1n) is 5.29. The summed E-state index contributed by atoms with van der Waals surface area (Å²) >= 11 is 4.08. The Kier molecular flexibility index (Phi) is 14.5. The maximum absolute atomic E-state index is 9.80. The van der Waals surface area contributed by atoms with Gasteiger partial charge in [-0.15, -0.1) is 0 Å².